The van der Waals surface area contributed by atoms with Crippen molar-refractivity contribution in [3.8, 4) is 0 Å². The first kappa shape index (κ1) is 25.7. The van der Waals surface area contributed by atoms with Crippen LogP contribution in [0.4, 0.5) is 0 Å². The fourth-order valence-corrected chi connectivity index (χ4v) is 4.74. The Morgan fingerprint density at radius 3 is 1.27 bits per heavy atom. The van der Waals surface area contributed by atoms with Crippen LogP contribution in [0.15, 0.2) is 12.2 Å². The van der Waals surface area contributed by atoms with E-state index in [2.05, 4.69) is 0 Å². The van der Waals surface area contributed by atoms with Crippen LogP contribution in [0.5, 0.6) is 0 Å². The Bertz CT molecular complexity index is 602. The number of hydrogen-bond donors (Lipinski definition) is 2. The van der Waals surface area contributed by atoms with Crippen LogP contribution < -0.4 is 0 Å². The molecule has 0 spiro atoms. The lowest BCUT2D eigenvalue weighted by Gasteiger charge is -2.50. The number of hydrogen-bond acceptors (Lipinski definition) is 6. The van der Waals surface area contributed by atoms with Crippen LogP contribution >= 0.6 is 0 Å². The molecule has 0 radical (unpaired) electrons. The number of ether oxygens (including phenoxy) is 2. The lowest BCUT2D eigenvalue weighted by atomic mass is 9.62. The summed E-state index contributed by atoms with van der Waals surface area (Å²) in [4.78, 5) is 46.4. The summed E-state index contributed by atoms with van der Waals surface area (Å²) >= 11 is 0. The van der Waals surface area contributed by atoms with Crippen LogP contribution in [0.2, 0.25) is 0 Å². The van der Waals surface area contributed by atoms with Gasteiger partial charge in [-0.2, -0.15) is 0 Å². The van der Waals surface area contributed by atoms with E-state index in [1.807, 2.05) is 39.8 Å². The minimum absolute atomic E-state index is 0.201. The van der Waals surface area contributed by atoms with E-state index in [0.717, 1.165) is 0 Å². The van der Waals surface area contributed by atoms with Crippen LogP contribution in [0.25, 0.3) is 0 Å². The van der Waals surface area contributed by atoms with Crippen molar-refractivity contribution >= 4 is 23.9 Å². The van der Waals surface area contributed by atoms with Crippen molar-refractivity contribution in [2.24, 2.45) is 11.8 Å². The monoisotopic (exact) mass is 426 g/mol. The molecule has 0 saturated heterocycles. The van der Waals surface area contributed by atoms with Crippen LogP contribution in [0.1, 0.15) is 79.1 Å². The summed E-state index contributed by atoms with van der Waals surface area (Å²) < 4.78 is 11.6. The molecule has 0 bridgehead atoms. The van der Waals surface area contributed by atoms with Gasteiger partial charge in [0.1, 0.15) is 24.0 Å². The first-order valence-electron chi connectivity index (χ1n) is 10.6. The van der Waals surface area contributed by atoms with Crippen LogP contribution in [0.3, 0.4) is 0 Å². The third-order valence-electron chi connectivity index (χ3n) is 6.40. The van der Waals surface area contributed by atoms with Crippen LogP contribution in [-0.2, 0) is 28.7 Å². The molecule has 0 heterocycles. The Morgan fingerprint density at radius 1 is 0.733 bits per heavy atom. The van der Waals surface area contributed by atoms with Gasteiger partial charge in [-0.3, -0.25) is 19.2 Å². The van der Waals surface area contributed by atoms with Gasteiger partial charge >= 0.3 is 23.9 Å². The molecular formula is C22H34O8. The van der Waals surface area contributed by atoms with Crippen molar-refractivity contribution in [1.29, 1.82) is 0 Å². The number of esters is 2. The summed E-state index contributed by atoms with van der Waals surface area (Å²) in [5.41, 5.74) is -1.81. The molecule has 0 aromatic rings. The van der Waals surface area contributed by atoms with E-state index < -0.39 is 47.9 Å². The summed E-state index contributed by atoms with van der Waals surface area (Å²) in [5, 5.41) is 17.9. The average Bonchev–Trinajstić information content (AvgIpc) is 2.69. The Kier molecular flexibility index (Phi) is 9.52. The molecule has 0 aromatic heterocycles. The molecule has 0 aromatic carbocycles. The summed E-state index contributed by atoms with van der Waals surface area (Å²) in [5.74, 6) is -4.48. The van der Waals surface area contributed by atoms with E-state index in [0.29, 0.717) is 38.5 Å². The van der Waals surface area contributed by atoms with Crippen molar-refractivity contribution in [3.05, 3.63) is 12.2 Å². The molecule has 1 aliphatic carbocycles. The molecule has 30 heavy (non-hydrogen) atoms. The van der Waals surface area contributed by atoms with Crippen LogP contribution in [0, 0.1) is 11.8 Å². The molecular weight excluding hydrogens is 392 g/mol. The highest BCUT2D eigenvalue weighted by molar-refractivity contribution is 5.90. The second kappa shape index (κ2) is 11.1. The van der Waals surface area contributed by atoms with Crippen LogP contribution in [-0.4, -0.2) is 45.3 Å². The molecule has 2 N–H and O–H groups in total. The highest BCUT2D eigenvalue weighted by atomic mass is 16.6. The van der Waals surface area contributed by atoms with Gasteiger partial charge in [0.05, 0.1) is 0 Å². The first-order valence-corrected chi connectivity index (χ1v) is 10.6. The second-order valence-corrected chi connectivity index (χ2v) is 7.79. The SMILES string of the molecule is CCC(CC)(OC(=O)CC(=O)O)C1CC=CCC1C(CC)(CC)OC(=O)CC(=O)O. The zero-order valence-corrected chi connectivity index (χ0v) is 18.3. The van der Waals surface area contributed by atoms with E-state index in [4.69, 9.17) is 19.7 Å². The highest BCUT2D eigenvalue weighted by Crippen LogP contribution is 2.48. The number of allylic oxidation sites excluding steroid dienone is 2. The molecule has 2 atom stereocenters. The Balaban J connectivity index is 3.33. The van der Waals surface area contributed by atoms with Gasteiger partial charge in [0.2, 0.25) is 0 Å². The molecule has 0 saturated carbocycles. The topological polar surface area (TPSA) is 127 Å². The zero-order chi connectivity index (χ0) is 22.9. The third kappa shape index (κ3) is 6.06. The fourth-order valence-electron chi connectivity index (χ4n) is 4.74. The van der Waals surface area contributed by atoms with Gasteiger partial charge in [-0.1, -0.05) is 39.8 Å². The third-order valence-corrected chi connectivity index (χ3v) is 6.40. The molecule has 8 nitrogen and oxygen atoms in total. The van der Waals surface area contributed by atoms with Crippen molar-refractivity contribution in [2.45, 2.75) is 90.3 Å². The Labute approximate surface area is 177 Å². The number of carboxylic acid groups (broad SMARTS) is 2. The number of aliphatic carboxylic acids is 2. The maximum absolute atomic E-state index is 12.3. The molecule has 2 unspecified atom stereocenters. The summed E-state index contributed by atoms with van der Waals surface area (Å²) in [7, 11) is 0. The Morgan fingerprint density at radius 2 is 1.03 bits per heavy atom. The van der Waals surface area contributed by atoms with Gasteiger partial charge in [0.25, 0.3) is 0 Å². The van der Waals surface area contributed by atoms with Gasteiger partial charge < -0.3 is 19.7 Å². The maximum Gasteiger partial charge on any atom is 0.317 e. The van der Waals surface area contributed by atoms with Gasteiger partial charge in [-0.05, 0) is 38.5 Å². The molecule has 1 aliphatic rings. The van der Waals surface area contributed by atoms with Gasteiger partial charge in [0, 0.05) is 11.8 Å². The average molecular weight is 427 g/mol. The van der Waals surface area contributed by atoms with Gasteiger partial charge in [0.15, 0.2) is 0 Å². The smallest absolute Gasteiger partial charge is 0.317 e. The molecule has 8 heteroatoms. The van der Waals surface area contributed by atoms with Gasteiger partial charge in [-0.15, -0.1) is 0 Å². The van der Waals surface area contributed by atoms with E-state index in [1.165, 1.54) is 0 Å². The molecule has 0 amide bonds. The van der Waals surface area contributed by atoms with Crippen molar-refractivity contribution in [3.63, 3.8) is 0 Å². The van der Waals surface area contributed by atoms with Gasteiger partial charge in [-0.25, -0.2) is 0 Å². The number of carboxylic acids is 2. The molecule has 170 valence electrons. The van der Waals surface area contributed by atoms with Crippen molar-refractivity contribution in [1.82, 2.24) is 0 Å². The number of carbonyl (C=O) groups excluding carboxylic acids is 2. The maximum atomic E-state index is 12.3. The van der Waals surface area contributed by atoms with E-state index >= 15 is 0 Å². The summed E-state index contributed by atoms with van der Waals surface area (Å²) in [6, 6.07) is 0. The van der Waals surface area contributed by atoms with E-state index in [-0.39, 0.29) is 11.8 Å². The second-order valence-electron chi connectivity index (χ2n) is 7.79. The normalized spacial score (nSPS) is 19.2. The highest BCUT2D eigenvalue weighted by Gasteiger charge is 2.52. The lowest BCUT2D eigenvalue weighted by Crippen LogP contribution is -2.54. The molecule has 0 aliphatic heterocycles. The summed E-state index contributed by atoms with van der Waals surface area (Å²) in [6.07, 6.45) is 5.68. The fraction of sp³-hybridized carbons (Fsp3) is 0.727. The van der Waals surface area contributed by atoms with Crippen molar-refractivity contribution < 1.29 is 38.9 Å². The first-order chi connectivity index (χ1) is 14.1. The number of rotatable bonds is 12. The minimum atomic E-state index is -1.25. The lowest BCUT2D eigenvalue weighted by molar-refractivity contribution is -0.193. The zero-order valence-electron chi connectivity index (χ0n) is 18.3. The largest absolute Gasteiger partial charge is 0.481 e. The predicted molar refractivity (Wildman–Crippen MR) is 109 cm³/mol. The molecule has 0 fully saturated rings. The predicted octanol–water partition coefficient (Wildman–Crippen LogP) is 3.72. The Hall–Kier alpha value is -2.38. The van der Waals surface area contributed by atoms with Crippen molar-refractivity contribution in [2.75, 3.05) is 0 Å². The van der Waals surface area contributed by atoms with E-state index in [1.54, 1.807) is 0 Å². The summed E-state index contributed by atoms with van der Waals surface area (Å²) in [6.45, 7) is 7.57. The molecule has 1 rings (SSSR count). The number of carbonyl (C=O) groups is 4. The quantitative estimate of drug-likeness (QED) is 0.275. The minimum Gasteiger partial charge on any atom is -0.481 e. The van der Waals surface area contributed by atoms with E-state index in [9.17, 15) is 19.2 Å². The standard InChI is InChI=1S/C22H34O8/c1-5-21(6-2,29-19(27)13-17(23)24)15-11-9-10-12-16(15)22(7-3,8-4)30-20(28)14-18(25)26/h9-10,15-16H,5-8,11-14H2,1-4H3,(H,23,24)(H,25,26).